The molecule has 3 rings (SSSR count). The number of H-pyrrole nitrogens is 1. The van der Waals surface area contributed by atoms with E-state index in [2.05, 4.69) is 15.2 Å². The molecule has 0 aliphatic rings. The van der Waals surface area contributed by atoms with Gasteiger partial charge in [-0.25, -0.2) is 0 Å². The molecule has 0 fully saturated rings. The molecule has 142 valence electrons. The van der Waals surface area contributed by atoms with Gasteiger partial charge in [-0.3, -0.25) is 19.4 Å². The molecule has 1 unspecified atom stereocenters. The lowest BCUT2D eigenvalue weighted by molar-refractivity contribution is -0.135. The molecule has 0 aliphatic heterocycles. The number of nitrogens with zero attached hydrogens (tertiary/aromatic N) is 4. The van der Waals surface area contributed by atoms with Crippen LogP contribution in [0.25, 0.3) is 10.7 Å². The summed E-state index contributed by atoms with van der Waals surface area (Å²) < 4.78 is 7.36. The van der Waals surface area contributed by atoms with E-state index in [4.69, 9.17) is 17.0 Å². The topological polar surface area (TPSA) is 76.0 Å². The first-order valence-corrected chi connectivity index (χ1v) is 9.79. The number of carbonyl (C=O) groups is 1. The summed E-state index contributed by atoms with van der Waals surface area (Å²) in [6.07, 6.45) is 1.72. The van der Waals surface area contributed by atoms with Gasteiger partial charge in [0.05, 0.1) is 23.7 Å². The number of hydrogen-bond acceptors (Lipinski definition) is 6. The lowest BCUT2D eigenvalue weighted by atomic mass is 10.2. The SMILES string of the molecule is COCCN(Cc1ccccn1)C(=O)C(C)n1c(-c2cccs2)n[nH]c1=S. The molecule has 3 aromatic rings. The van der Waals surface area contributed by atoms with E-state index in [1.807, 2.05) is 42.6 Å². The molecule has 0 bridgehead atoms. The fourth-order valence-corrected chi connectivity index (χ4v) is 3.77. The quantitative estimate of drug-likeness (QED) is 0.584. The summed E-state index contributed by atoms with van der Waals surface area (Å²) in [7, 11) is 1.62. The fraction of sp³-hybridized carbons (Fsp3) is 0.333. The summed E-state index contributed by atoms with van der Waals surface area (Å²) in [6, 6.07) is 9.06. The molecule has 9 heteroatoms. The lowest BCUT2D eigenvalue weighted by Gasteiger charge is -2.26. The zero-order valence-corrected chi connectivity index (χ0v) is 16.8. The van der Waals surface area contributed by atoms with Crippen LogP contribution >= 0.6 is 23.6 Å². The number of ether oxygens (including phenoxy) is 1. The van der Waals surface area contributed by atoms with Gasteiger partial charge in [-0.2, -0.15) is 5.10 Å². The van der Waals surface area contributed by atoms with Gasteiger partial charge in [-0.15, -0.1) is 11.3 Å². The number of rotatable bonds is 8. The van der Waals surface area contributed by atoms with Crippen LogP contribution in [0.2, 0.25) is 0 Å². The van der Waals surface area contributed by atoms with E-state index >= 15 is 0 Å². The molecule has 3 heterocycles. The Morgan fingerprint density at radius 3 is 2.93 bits per heavy atom. The summed E-state index contributed by atoms with van der Waals surface area (Å²) in [5.41, 5.74) is 0.823. The summed E-state index contributed by atoms with van der Waals surface area (Å²) >= 11 is 6.94. The van der Waals surface area contributed by atoms with Crippen molar-refractivity contribution in [2.24, 2.45) is 0 Å². The highest BCUT2D eigenvalue weighted by molar-refractivity contribution is 7.71. The van der Waals surface area contributed by atoms with Crippen LogP contribution in [0.1, 0.15) is 18.7 Å². The third-order valence-corrected chi connectivity index (χ3v) is 5.30. The summed E-state index contributed by atoms with van der Waals surface area (Å²) in [4.78, 5) is 20.3. The molecule has 1 N–H and O–H groups in total. The van der Waals surface area contributed by atoms with E-state index in [-0.39, 0.29) is 5.91 Å². The van der Waals surface area contributed by atoms with Gasteiger partial charge in [0.1, 0.15) is 6.04 Å². The lowest BCUT2D eigenvalue weighted by Crippen LogP contribution is -2.38. The van der Waals surface area contributed by atoms with Crippen molar-refractivity contribution in [2.45, 2.75) is 19.5 Å². The first kappa shape index (κ1) is 19.4. The average Bonchev–Trinajstić information content (AvgIpc) is 3.34. The van der Waals surface area contributed by atoms with Crippen LogP contribution < -0.4 is 0 Å². The minimum atomic E-state index is -0.506. The molecule has 0 spiro atoms. The van der Waals surface area contributed by atoms with Gasteiger partial charge >= 0.3 is 0 Å². The second-order valence-electron chi connectivity index (χ2n) is 5.95. The second-order valence-corrected chi connectivity index (χ2v) is 7.28. The monoisotopic (exact) mass is 403 g/mol. The highest BCUT2D eigenvalue weighted by Gasteiger charge is 2.26. The molecule has 1 amide bonds. The highest BCUT2D eigenvalue weighted by Crippen LogP contribution is 2.26. The third-order valence-electron chi connectivity index (χ3n) is 4.15. The smallest absolute Gasteiger partial charge is 0.245 e. The maximum atomic E-state index is 13.3. The summed E-state index contributed by atoms with van der Waals surface area (Å²) in [5.74, 6) is 0.605. The molecule has 7 nitrogen and oxygen atoms in total. The Labute approximate surface area is 166 Å². The average molecular weight is 404 g/mol. The van der Waals surface area contributed by atoms with Crippen LogP contribution in [0, 0.1) is 4.77 Å². The van der Waals surface area contributed by atoms with E-state index in [1.54, 1.807) is 34.1 Å². The van der Waals surface area contributed by atoms with Crippen LogP contribution in [0.3, 0.4) is 0 Å². The number of thiophene rings is 1. The van der Waals surface area contributed by atoms with Gasteiger partial charge in [0.15, 0.2) is 10.6 Å². The molecular weight excluding hydrogens is 382 g/mol. The van der Waals surface area contributed by atoms with E-state index in [0.717, 1.165) is 10.6 Å². The zero-order valence-electron chi connectivity index (χ0n) is 15.2. The van der Waals surface area contributed by atoms with Crippen molar-refractivity contribution in [1.82, 2.24) is 24.6 Å². The molecular formula is C18H21N5O2S2. The Kier molecular flexibility index (Phi) is 6.49. The van der Waals surface area contributed by atoms with Gasteiger partial charge < -0.3 is 9.64 Å². The number of nitrogens with one attached hydrogen (secondary N) is 1. The second kappa shape index (κ2) is 9.03. The summed E-state index contributed by atoms with van der Waals surface area (Å²) in [6.45, 7) is 3.16. The minimum absolute atomic E-state index is 0.0620. The number of methoxy groups -OCH3 is 1. The minimum Gasteiger partial charge on any atom is -0.383 e. The molecule has 0 aromatic carbocycles. The predicted octanol–water partition coefficient (Wildman–Crippen LogP) is 3.30. The van der Waals surface area contributed by atoms with Crippen molar-refractivity contribution < 1.29 is 9.53 Å². The van der Waals surface area contributed by atoms with Crippen molar-refractivity contribution in [3.63, 3.8) is 0 Å². The first-order chi connectivity index (χ1) is 13.1. The number of aromatic amines is 1. The molecule has 0 radical (unpaired) electrons. The van der Waals surface area contributed by atoms with Crippen molar-refractivity contribution >= 4 is 29.5 Å². The maximum absolute atomic E-state index is 13.3. The Morgan fingerprint density at radius 2 is 2.26 bits per heavy atom. The number of hydrogen-bond donors (Lipinski definition) is 1. The van der Waals surface area contributed by atoms with E-state index < -0.39 is 6.04 Å². The van der Waals surface area contributed by atoms with Crippen molar-refractivity contribution in [1.29, 1.82) is 0 Å². The predicted molar refractivity (Wildman–Crippen MR) is 107 cm³/mol. The molecule has 0 saturated carbocycles. The number of pyridine rings is 1. The molecule has 1 atom stereocenters. The molecule has 0 saturated heterocycles. The normalized spacial score (nSPS) is 12.1. The van der Waals surface area contributed by atoms with Crippen LogP contribution in [0.15, 0.2) is 41.9 Å². The van der Waals surface area contributed by atoms with Gasteiger partial charge in [0, 0.05) is 19.9 Å². The number of aromatic nitrogens is 4. The Balaban J connectivity index is 1.87. The Bertz CT molecular complexity index is 921. The number of amides is 1. The largest absolute Gasteiger partial charge is 0.383 e. The van der Waals surface area contributed by atoms with Crippen LogP contribution in [-0.2, 0) is 16.1 Å². The van der Waals surface area contributed by atoms with Crippen molar-refractivity contribution in [3.8, 4) is 10.7 Å². The summed E-state index contributed by atoms with van der Waals surface area (Å²) in [5, 5.41) is 9.09. The van der Waals surface area contributed by atoms with E-state index in [0.29, 0.717) is 30.3 Å². The van der Waals surface area contributed by atoms with Gasteiger partial charge in [0.2, 0.25) is 5.91 Å². The number of carbonyl (C=O) groups excluding carboxylic acids is 1. The van der Waals surface area contributed by atoms with Crippen LogP contribution in [-0.4, -0.2) is 50.8 Å². The van der Waals surface area contributed by atoms with Gasteiger partial charge in [-0.05, 0) is 42.7 Å². The van der Waals surface area contributed by atoms with Gasteiger partial charge in [-0.1, -0.05) is 12.1 Å². The highest BCUT2D eigenvalue weighted by atomic mass is 32.1. The first-order valence-electron chi connectivity index (χ1n) is 8.50. The van der Waals surface area contributed by atoms with E-state index in [1.165, 1.54) is 0 Å². The van der Waals surface area contributed by atoms with Crippen molar-refractivity contribution in [2.75, 3.05) is 20.3 Å². The van der Waals surface area contributed by atoms with Crippen molar-refractivity contribution in [3.05, 3.63) is 52.4 Å². The Morgan fingerprint density at radius 1 is 1.41 bits per heavy atom. The Hall–Kier alpha value is -2.36. The van der Waals surface area contributed by atoms with E-state index in [9.17, 15) is 4.79 Å². The van der Waals surface area contributed by atoms with Crippen LogP contribution in [0.5, 0.6) is 0 Å². The third kappa shape index (κ3) is 4.49. The molecule has 3 aromatic heterocycles. The zero-order chi connectivity index (χ0) is 19.2. The van der Waals surface area contributed by atoms with Crippen LogP contribution in [0.4, 0.5) is 0 Å². The fourth-order valence-electron chi connectivity index (χ4n) is 2.77. The van der Waals surface area contributed by atoms with Gasteiger partial charge in [0.25, 0.3) is 0 Å². The molecule has 27 heavy (non-hydrogen) atoms. The molecule has 0 aliphatic carbocycles. The maximum Gasteiger partial charge on any atom is 0.245 e. The standard InChI is InChI=1S/C18H21N5O2S2/c1-13(23-16(20-21-18(23)26)15-7-5-11-27-15)17(24)22(9-10-25-2)12-14-6-3-4-8-19-14/h3-8,11,13H,9-10,12H2,1-2H3,(H,21,26).